The molecule has 0 spiro atoms. The molecule has 1 amide bonds. The van der Waals surface area contributed by atoms with Crippen LogP contribution in [0.1, 0.15) is 65.7 Å². The molecular weight excluding hydrogens is 198 g/mol. The standard InChI is InChI=1S/C14H27NO/c1-4-9-14(3,5-2)10-7-12-15-11-6-8-13(15)16/h4-12H2,1-3H3. The van der Waals surface area contributed by atoms with E-state index in [-0.39, 0.29) is 0 Å². The number of hydrogen-bond donors (Lipinski definition) is 0. The number of hydrogen-bond acceptors (Lipinski definition) is 1. The van der Waals surface area contributed by atoms with Crippen molar-refractivity contribution in [3.05, 3.63) is 0 Å². The Hall–Kier alpha value is -0.530. The summed E-state index contributed by atoms with van der Waals surface area (Å²) in [4.78, 5) is 13.5. The van der Waals surface area contributed by atoms with Gasteiger partial charge in [0.05, 0.1) is 0 Å². The van der Waals surface area contributed by atoms with E-state index in [4.69, 9.17) is 0 Å². The van der Waals surface area contributed by atoms with E-state index < -0.39 is 0 Å². The number of likely N-dealkylation sites (tertiary alicyclic amines) is 1. The number of carbonyl (C=O) groups is 1. The molecule has 0 aromatic rings. The highest BCUT2D eigenvalue weighted by Crippen LogP contribution is 2.32. The molecule has 1 atom stereocenters. The minimum absolute atomic E-state index is 0.369. The second-order valence-electron chi connectivity index (χ2n) is 5.50. The van der Waals surface area contributed by atoms with E-state index >= 15 is 0 Å². The Morgan fingerprint density at radius 3 is 2.56 bits per heavy atom. The molecule has 1 aliphatic rings. The van der Waals surface area contributed by atoms with Crippen molar-refractivity contribution in [2.75, 3.05) is 13.1 Å². The molecule has 1 saturated heterocycles. The van der Waals surface area contributed by atoms with Crippen LogP contribution in [-0.2, 0) is 4.79 Å². The molecule has 0 bridgehead atoms. The van der Waals surface area contributed by atoms with Crippen LogP contribution in [0.2, 0.25) is 0 Å². The Morgan fingerprint density at radius 2 is 2.06 bits per heavy atom. The van der Waals surface area contributed by atoms with Crippen molar-refractivity contribution in [1.29, 1.82) is 0 Å². The Morgan fingerprint density at radius 1 is 1.31 bits per heavy atom. The summed E-state index contributed by atoms with van der Waals surface area (Å²) < 4.78 is 0. The van der Waals surface area contributed by atoms with Gasteiger partial charge in [-0.25, -0.2) is 0 Å². The molecule has 16 heavy (non-hydrogen) atoms. The van der Waals surface area contributed by atoms with Gasteiger partial charge in [0.2, 0.25) is 5.91 Å². The first-order valence-electron chi connectivity index (χ1n) is 6.89. The van der Waals surface area contributed by atoms with Gasteiger partial charge in [-0.15, -0.1) is 0 Å². The van der Waals surface area contributed by atoms with Crippen LogP contribution in [0.25, 0.3) is 0 Å². The summed E-state index contributed by atoms with van der Waals surface area (Å²) in [6, 6.07) is 0. The van der Waals surface area contributed by atoms with Crippen LogP contribution in [0, 0.1) is 5.41 Å². The molecule has 1 heterocycles. The predicted octanol–water partition coefficient (Wildman–Crippen LogP) is 3.61. The summed E-state index contributed by atoms with van der Waals surface area (Å²) in [5.74, 6) is 0.369. The Bertz CT molecular complexity index is 227. The number of rotatable bonds is 7. The van der Waals surface area contributed by atoms with Crippen molar-refractivity contribution in [2.45, 2.75) is 65.7 Å². The molecule has 0 aromatic heterocycles. The molecule has 0 radical (unpaired) electrons. The van der Waals surface area contributed by atoms with E-state index in [0.29, 0.717) is 11.3 Å². The SMILES string of the molecule is CCCC(C)(CC)CCCN1CCCC1=O. The normalized spacial score (nSPS) is 20.2. The number of nitrogens with zero attached hydrogens (tertiary/aromatic N) is 1. The molecule has 1 rings (SSSR count). The quantitative estimate of drug-likeness (QED) is 0.648. The highest BCUT2D eigenvalue weighted by molar-refractivity contribution is 5.77. The molecule has 1 aliphatic heterocycles. The Kier molecular flexibility index (Phi) is 5.30. The van der Waals surface area contributed by atoms with Gasteiger partial charge in [-0.05, 0) is 31.1 Å². The minimum Gasteiger partial charge on any atom is -0.343 e. The molecule has 2 heteroatoms. The zero-order valence-corrected chi connectivity index (χ0v) is 11.2. The molecule has 0 N–H and O–H groups in total. The zero-order valence-electron chi connectivity index (χ0n) is 11.2. The molecule has 2 nitrogen and oxygen atoms in total. The van der Waals surface area contributed by atoms with Gasteiger partial charge in [-0.3, -0.25) is 4.79 Å². The Balaban J connectivity index is 2.25. The molecule has 94 valence electrons. The van der Waals surface area contributed by atoms with E-state index in [9.17, 15) is 4.79 Å². The van der Waals surface area contributed by atoms with Crippen molar-refractivity contribution >= 4 is 5.91 Å². The summed E-state index contributed by atoms with van der Waals surface area (Å²) in [7, 11) is 0. The molecule has 0 aliphatic carbocycles. The van der Waals surface area contributed by atoms with Gasteiger partial charge in [-0.1, -0.05) is 33.6 Å². The summed E-state index contributed by atoms with van der Waals surface area (Å²) in [6.45, 7) is 8.92. The van der Waals surface area contributed by atoms with Gasteiger partial charge in [0.1, 0.15) is 0 Å². The van der Waals surface area contributed by atoms with Crippen molar-refractivity contribution in [3.63, 3.8) is 0 Å². The third-order valence-corrected chi connectivity index (χ3v) is 4.09. The maximum absolute atomic E-state index is 11.5. The topological polar surface area (TPSA) is 20.3 Å². The van der Waals surface area contributed by atoms with Gasteiger partial charge >= 0.3 is 0 Å². The molecule has 1 unspecified atom stereocenters. The van der Waals surface area contributed by atoms with Gasteiger partial charge in [0, 0.05) is 19.5 Å². The summed E-state index contributed by atoms with van der Waals surface area (Å²) >= 11 is 0. The summed E-state index contributed by atoms with van der Waals surface area (Å²) in [5, 5.41) is 0. The lowest BCUT2D eigenvalue weighted by Crippen LogP contribution is -2.27. The lowest BCUT2D eigenvalue weighted by molar-refractivity contribution is -0.127. The lowest BCUT2D eigenvalue weighted by Gasteiger charge is -2.28. The van der Waals surface area contributed by atoms with E-state index in [1.165, 1.54) is 32.1 Å². The van der Waals surface area contributed by atoms with E-state index in [0.717, 1.165) is 25.9 Å². The molecule has 0 saturated carbocycles. The van der Waals surface area contributed by atoms with Crippen LogP contribution in [0.5, 0.6) is 0 Å². The van der Waals surface area contributed by atoms with Gasteiger partial charge in [0.15, 0.2) is 0 Å². The fourth-order valence-electron chi connectivity index (χ4n) is 2.72. The third kappa shape index (κ3) is 3.80. The van der Waals surface area contributed by atoms with Crippen LogP contribution in [0.4, 0.5) is 0 Å². The average molecular weight is 225 g/mol. The van der Waals surface area contributed by atoms with Gasteiger partial charge in [0.25, 0.3) is 0 Å². The van der Waals surface area contributed by atoms with Gasteiger partial charge in [-0.2, -0.15) is 0 Å². The van der Waals surface area contributed by atoms with E-state index in [1.807, 2.05) is 4.90 Å². The second kappa shape index (κ2) is 6.27. The van der Waals surface area contributed by atoms with Crippen molar-refractivity contribution < 1.29 is 4.79 Å². The Labute approximate surface area is 100 Å². The predicted molar refractivity (Wildman–Crippen MR) is 68.4 cm³/mol. The highest BCUT2D eigenvalue weighted by Gasteiger charge is 2.23. The van der Waals surface area contributed by atoms with Crippen LogP contribution >= 0.6 is 0 Å². The maximum Gasteiger partial charge on any atom is 0.222 e. The van der Waals surface area contributed by atoms with Crippen molar-refractivity contribution in [2.24, 2.45) is 5.41 Å². The van der Waals surface area contributed by atoms with Crippen molar-refractivity contribution in [3.8, 4) is 0 Å². The van der Waals surface area contributed by atoms with E-state index in [2.05, 4.69) is 20.8 Å². The fourth-order valence-corrected chi connectivity index (χ4v) is 2.72. The van der Waals surface area contributed by atoms with Gasteiger partial charge < -0.3 is 4.90 Å². The van der Waals surface area contributed by atoms with Crippen LogP contribution < -0.4 is 0 Å². The lowest BCUT2D eigenvalue weighted by atomic mass is 9.79. The minimum atomic E-state index is 0.369. The smallest absolute Gasteiger partial charge is 0.222 e. The van der Waals surface area contributed by atoms with Crippen LogP contribution in [0.3, 0.4) is 0 Å². The molecule has 1 fully saturated rings. The van der Waals surface area contributed by atoms with Crippen LogP contribution in [-0.4, -0.2) is 23.9 Å². The number of amides is 1. The zero-order chi connectivity index (χ0) is 12.0. The third-order valence-electron chi connectivity index (χ3n) is 4.09. The largest absolute Gasteiger partial charge is 0.343 e. The highest BCUT2D eigenvalue weighted by atomic mass is 16.2. The molecular formula is C14H27NO. The summed E-state index contributed by atoms with van der Waals surface area (Å²) in [6.07, 6.45) is 8.13. The second-order valence-corrected chi connectivity index (χ2v) is 5.50. The first-order valence-corrected chi connectivity index (χ1v) is 6.89. The monoisotopic (exact) mass is 225 g/mol. The summed E-state index contributed by atoms with van der Waals surface area (Å²) in [5.41, 5.74) is 0.498. The average Bonchev–Trinajstić information content (AvgIpc) is 2.65. The number of carbonyl (C=O) groups excluding carboxylic acids is 1. The fraction of sp³-hybridized carbons (Fsp3) is 0.929. The first kappa shape index (κ1) is 13.5. The van der Waals surface area contributed by atoms with Crippen LogP contribution in [0.15, 0.2) is 0 Å². The maximum atomic E-state index is 11.5. The van der Waals surface area contributed by atoms with E-state index in [1.54, 1.807) is 0 Å². The first-order chi connectivity index (χ1) is 7.61. The van der Waals surface area contributed by atoms with Crippen molar-refractivity contribution in [1.82, 2.24) is 4.90 Å². The molecule has 0 aromatic carbocycles.